The molecule has 0 N–H and O–H groups in total. The van der Waals surface area contributed by atoms with Gasteiger partial charge in [0.05, 0.1) is 6.61 Å². The third kappa shape index (κ3) is 3.00. The van der Waals surface area contributed by atoms with E-state index in [-0.39, 0.29) is 0 Å². The Morgan fingerprint density at radius 1 is 1.50 bits per heavy atom. The zero-order chi connectivity index (χ0) is 13.0. The largest absolute Gasteiger partial charge is 0.380 e. The van der Waals surface area contributed by atoms with Crippen molar-refractivity contribution in [1.29, 1.82) is 0 Å². The lowest BCUT2D eigenvalue weighted by Gasteiger charge is -2.28. The van der Waals surface area contributed by atoms with Gasteiger partial charge in [-0.1, -0.05) is 6.08 Å². The van der Waals surface area contributed by atoms with Crippen LogP contribution < -0.4 is 4.90 Å². The summed E-state index contributed by atoms with van der Waals surface area (Å²) in [5.74, 6) is 0. The highest BCUT2D eigenvalue weighted by Crippen LogP contribution is 2.25. The molecule has 3 nitrogen and oxygen atoms in total. The molecule has 0 aliphatic carbocycles. The summed E-state index contributed by atoms with van der Waals surface area (Å²) < 4.78 is 5.99. The van der Waals surface area contributed by atoms with Crippen molar-refractivity contribution in [2.45, 2.75) is 6.42 Å². The van der Waals surface area contributed by atoms with Crippen molar-refractivity contribution in [2.24, 2.45) is 0 Å². The molecule has 1 aliphatic rings. The molecule has 0 unspecified atom stereocenters. The average molecular weight is 310 g/mol. The van der Waals surface area contributed by atoms with Gasteiger partial charge in [-0.25, -0.2) is 0 Å². The van der Waals surface area contributed by atoms with Gasteiger partial charge in [-0.05, 0) is 46.1 Å². The first kappa shape index (κ1) is 13.3. The normalized spacial score (nSPS) is 15.4. The molecule has 0 atom stereocenters. The van der Waals surface area contributed by atoms with Crippen LogP contribution in [0.5, 0.6) is 0 Å². The fourth-order valence-corrected chi connectivity index (χ4v) is 2.53. The Balaban J connectivity index is 2.10. The summed E-state index contributed by atoms with van der Waals surface area (Å²) in [6, 6.07) is 5.84. The topological polar surface area (TPSA) is 29.5 Å². The van der Waals surface area contributed by atoms with E-state index in [9.17, 15) is 4.79 Å². The zero-order valence-electron chi connectivity index (χ0n) is 10.4. The van der Waals surface area contributed by atoms with E-state index in [1.54, 1.807) is 7.11 Å². The van der Waals surface area contributed by atoms with Crippen molar-refractivity contribution in [3.05, 3.63) is 39.9 Å². The van der Waals surface area contributed by atoms with Gasteiger partial charge in [0.1, 0.15) is 0 Å². The minimum absolute atomic E-state index is 0.686. The predicted octanol–water partition coefficient (Wildman–Crippen LogP) is 3.04. The number of carbonyl (C=O) groups is 1. The van der Waals surface area contributed by atoms with Crippen molar-refractivity contribution in [2.75, 3.05) is 31.7 Å². The lowest BCUT2D eigenvalue weighted by molar-refractivity contribution is 0.112. The summed E-state index contributed by atoms with van der Waals surface area (Å²) in [6.07, 6.45) is 4.11. The second-order valence-electron chi connectivity index (χ2n) is 4.32. The molecule has 1 aromatic rings. The van der Waals surface area contributed by atoms with Crippen LogP contribution in [0.4, 0.5) is 5.69 Å². The zero-order valence-corrected chi connectivity index (χ0v) is 11.9. The van der Waals surface area contributed by atoms with Crippen LogP contribution in [0.25, 0.3) is 0 Å². The van der Waals surface area contributed by atoms with Crippen LogP contribution in [0.15, 0.2) is 34.3 Å². The third-order valence-electron chi connectivity index (χ3n) is 3.11. The number of aldehydes is 1. The number of hydrogen-bond acceptors (Lipinski definition) is 3. The van der Waals surface area contributed by atoms with Crippen LogP contribution in [0.1, 0.15) is 16.8 Å². The van der Waals surface area contributed by atoms with Gasteiger partial charge in [0.15, 0.2) is 6.29 Å². The maximum Gasteiger partial charge on any atom is 0.151 e. The van der Waals surface area contributed by atoms with E-state index in [1.165, 1.54) is 5.57 Å². The molecule has 0 saturated carbocycles. The van der Waals surface area contributed by atoms with Crippen LogP contribution >= 0.6 is 15.9 Å². The molecule has 0 saturated heterocycles. The highest BCUT2D eigenvalue weighted by molar-refractivity contribution is 9.10. The van der Waals surface area contributed by atoms with Crippen LogP contribution in [-0.2, 0) is 4.74 Å². The smallest absolute Gasteiger partial charge is 0.151 e. The Morgan fingerprint density at radius 3 is 2.89 bits per heavy atom. The first-order valence-corrected chi connectivity index (χ1v) is 6.70. The van der Waals surface area contributed by atoms with Crippen molar-refractivity contribution in [3.63, 3.8) is 0 Å². The lowest BCUT2D eigenvalue weighted by Crippen LogP contribution is -2.29. The summed E-state index contributed by atoms with van der Waals surface area (Å²) in [7, 11) is 1.72. The number of anilines is 1. The van der Waals surface area contributed by atoms with Crippen LogP contribution in [0.3, 0.4) is 0 Å². The third-order valence-corrected chi connectivity index (χ3v) is 3.80. The molecule has 1 heterocycles. The van der Waals surface area contributed by atoms with Crippen LogP contribution in [0, 0.1) is 0 Å². The second kappa shape index (κ2) is 6.16. The number of carbonyl (C=O) groups excluding carboxylic acids is 1. The molecule has 96 valence electrons. The van der Waals surface area contributed by atoms with Gasteiger partial charge in [-0.2, -0.15) is 0 Å². The first-order chi connectivity index (χ1) is 8.74. The highest BCUT2D eigenvalue weighted by atomic mass is 79.9. The predicted molar refractivity (Wildman–Crippen MR) is 76.3 cm³/mol. The highest BCUT2D eigenvalue weighted by Gasteiger charge is 2.13. The monoisotopic (exact) mass is 309 g/mol. The second-order valence-corrected chi connectivity index (χ2v) is 5.17. The number of hydrogen-bond donors (Lipinski definition) is 0. The van der Waals surface area contributed by atoms with Gasteiger partial charge in [0, 0.05) is 35.9 Å². The fraction of sp³-hybridized carbons (Fsp3) is 0.357. The molecular formula is C14H16BrNO2. The maximum atomic E-state index is 10.8. The van der Waals surface area contributed by atoms with Crippen LogP contribution in [-0.4, -0.2) is 33.1 Å². The molecule has 1 aromatic carbocycles. The van der Waals surface area contributed by atoms with Gasteiger partial charge in [0.2, 0.25) is 0 Å². The van der Waals surface area contributed by atoms with E-state index < -0.39 is 0 Å². The quantitative estimate of drug-likeness (QED) is 0.632. The fourth-order valence-electron chi connectivity index (χ4n) is 2.07. The standard InChI is InChI=1S/C14H16BrNO2/c1-18-10-11-4-6-16(7-5-11)13-3-2-12(9-17)14(15)8-13/h2-4,8-9H,5-7,10H2,1H3. The van der Waals surface area contributed by atoms with E-state index in [4.69, 9.17) is 4.74 Å². The molecule has 0 bridgehead atoms. The minimum Gasteiger partial charge on any atom is -0.380 e. The molecule has 0 aromatic heterocycles. The summed E-state index contributed by atoms with van der Waals surface area (Å²) in [5.41, 5.74) is 3.18. The Morgan fingerprint density at radius 2 is 2.33 bits per heavy atom. The minimum atomic E-state index is 0.686. The Kier molecular flexibility index (Phi) is 4.55. The first-order valence-electron chi connectivity index (χ1n) is 5.91. The van der Waals surface area contributed by atoms with Crippen molar-refractivity contribution >= 4 is 27.9 Å². The molecule has 4 heteroatoms. The van der Waals surface area contributed by atoms with Gasteiger partial charge < -0.3 is 9.64 Å². The van der Waals surface area contributed by atoms with Gasteiger partial charge >= 0.3 is 0 Å². The van der Waals surface area contributed by atoms with E-state index in [0.29, 0.717) is 5.56 Å². The number of rotatable bonds is 4. The molecule has 0 spiro atoms. The molecule has 18 heavy (non-hydrogen) atoms. The molecule has 1 aliphatic heterocycles. The maximum absolute atomic E-state index is 10.8. The number of methoxy groups -OCH3 is 1. The molecule has 0 fully saturated rings. The van der Waals surface area contributed by atoms with E-state index in [2.05, 4.69) is 26.9 Å². The number of ether oxygens (including phenoxy) is 1. The van der Waals surface area contributed by atoms with Crippen molar-refractivity contribution < 1.29 is 9.53 Å². The number of nitrogens with zero attached hydrogens (tertiary/aromatic N) is 1. The summed E-state index contributed by atoms with van der Waals surface area (Å²) in [4.78, 5) is 13.1. The van der Waals surface area contributed by atoms with Crippen molar-refractivity contribution in [3.8, 4) is 0 Å². The van der Waals surface area contributed by atoms with E-state index in [1.807, 2.05) is 18.2 Å². The summed E-state index contributed by atoms with van der Waals surface area (Å²) in [5, 5.41) is 0. The van der Waals surface area contributed by atoms with Crippen molar-refractivity contribution in [1.82, 2.24) is 0 Å². The molecule has 2 rings (SSSR count). The molecule has 0 amide bonds. The number of benzene rings is 1. The van der Waals surface area contributed by atoms with Gasteiger partial charge in [0.25, 0.3) is 0 Å². The Labute approximate surface area is 116 Å². The molecular weight excluding hydrogens is 294 g/mol. The van der Waals surface area contributed by atoms with Crippen LogP contribution in [0.2, 0.25) is 0 Å². The van der Waals surface area contributed by atoms with E-state index >= 15 is 0 Å². The molecule has 0 radical (unpaired) electrons. The van der Waals surface area contributed by atoms with E-state index in [0.717, 1.165) is 42.6 Å². The van der Waals surface area contributed by atoms with Gasteiger partial charge in [-0.3, -0.25) is 4.79 Å². The Bertz CT molecular complexity index is 471. The number of halogens is 1. The Hall–Kier alpha value is -1.13. The SMILES string of the molecule is COCC1=CCN(c2ccc(C=O)c(Br)c2)CC1. The summed E-state index contributed by atoms with van der Waals surface area (Å²) in [6.45, 7) is 2.61. The summed E-state index contributed by atoms with van der Waals surface area (Å²) >= 11 is 3.42. The lowest BCUT2D eigenvalue weighted by atomic mass is 10.1. The average Bonchev–Trinajstić information content (AvgIpc) is 2.40. The van der Waals surface area contributed by atoms with Gasteiger partial charge in [-0.15, -0.1) is 0 Å².